The molecule has 4 rings (SSSR count). The molecule has 1 heterocycles. The van der Waals surface area contributed by atoms with Crippen LogP contribution in [-0.2, 0) is 16.0 Å². The van der Waals surface area contributed by atoms with Crippen LogP contribution in [0.1, 0.15) is 11.1 Å². The van der Waals surface area contributed by atoms with Gasteiger partial charge < -0.3 is 10.2 Å². The summed E-state index contributed by atoms with van der Waals surface area (Å²) in [6.45, 7) is 3.99. The summed E-state index contributed by atoms with van der Waals surface area (Å²) in [5.74, 6) is -0.143. The van der Waals surface area contributed by atoms with E-state index in [1.54, 1.807) is 0 Å². The average molecular weight is 428 g/mol. The minimum Gasteiger partial charge on any atom is -0.347 e. The minimum atomic E-state index is -0.126. The summed E-state index contributed by atoms with van der Waals surface area (Å²) in [7, 11) is 0. The average Bonchev–Trinajstić information content (AvgIpc) is 2.84. The van der Waals surface area contributed by atoms with Crippen molar-refractivity contribution in [2.45, 2.75) is 6.42 Å². The van der Waals surface area contributed by atoms with Crippen LogP contribution in [0.3, 0.4) is 0 Å². The van der Waals surface area contributed by atoms with E-state index in [-0.39, 0.29) is 24.8 Å². The van der Waals surface area contributed by atoms with Gasteiger partial charge in [-0.25, -0.2) is 0 Å². The molecule has 1 aliphatic heterocycles. The van der Waals surface area contributed by atoms with E-state index in [0.717, 1.165) is 36.0 Å². The SMILES string of the molecule is O=C(Cc1cccc2ccccc12)NCC(=O)N1CCN(C/C=C/c2ccccc2)CC1. The Morgan fingerprint density at radius 3 is 2.38 bits per heavy atom. The lowest BCUT2D eigenvalue weighted by Gasteiger charge is -2.34. The number of carbonyl (C=O) groups is 2. The molecule has 1 fully saturated rings. The van der Waals surface area contributed by atoms with Crippen molar-refractivity contribution in [2.75, 3.05) is 39.3 Å². The first-order valence-electron chi connectivity index (χ1n) is 11.1. The number of fused-ring (bicyclic) bond motifs is 1. The van der Waals surface area contributed by atoms with E-state index in [9.17, 15) is 9.59 Å². The van der Waals surface area contributed by atoms with Gasteiger partial charge in [0, 0.05) is 32.7 Å². The Morgan fingerprint density at radius 2 is 1.56 bits per heavy atom. The molecule has 0 unspecified atom stereocenters. The van der Waals surface area contributed by atoms with Crippen LogP contribution in [-0.4, -0.2) is 60.9 Å². The molecule has 2 amide bonds. The third-order valence-corrected chi connectivity index (χ3v) is 5.87. The lowest BCUT2D eigenvalue weighted by molar-refractivity contribution is -0.134. The molecular formula is C27H29N3O2. The molecule has 0 aromatic heterocycles. The summed E-state index contributed by atoms with van der Waals surface area (Å²) in [4.78, 5) is 29.2. The smallest absolute Gasteiger partial charge is 0.242 e. The summed E-state index contributed by atoms with van der Waals surface area (Å²) in [6.07, 6.45) is 4.57. The Labute approximate surface area is 189 Å². The van der Waals surface area contributed by atoms with Crippen LogP contribution in [0.4, 0.5) is 0 Å². The Bertz CT molecular complexity index is 1080. The van der Waals surface area contributed by atoms with Gasteiger partial charge in [0.1, 0.15) is 0 Å². The number of nitrogens with zero attached hydrogens (tertiary/aromatic N) is 2. The second-order valence-corrected chi connectivity index (χ2v) is 8.09. The highest BCUT2D eigenvalue weighted by Gasteiger charge is 2.20. The summed E-state index contributed by atoms with van der Waals surface area (Å²) in [6, 6.07) is 24.2. The highest BCUT2D eigenvalue weighted by molar-refractivity contribution is 5.91. The van der Waals surface area contributed by atoms with E-state index in [1.165, 1.54) is 5.56 Å². The Hall–Kier alpha value is -3.44. The number of benzene rings is 3. The molecule has 5 nitrogen and oxygen atoms in total. The third kappa shape index (κ3) is 5.83. The highest BCUT2D eigenvalue weighted by atomic mass is 16.2. The normalized spacial score (nSPS) is 14.7. The summed E-state index contributed by atoms with van der Waals surface area (Å²) in [5, 5.41) is 5.00. The van der Waals surface area contributed by atoms with Crippen molar-refractivity contribution in [1.29, 1.82) is 0 Å². The standard InChI is InChI=1S/C27H29N3O2/c31-26(20-24-13-6-12-23-11-4-5-14-25(23)24)28-21-27(32)30-18-16-29(17-19-30)15-7-10-22-8-2-1-3-9-22/h1-14H,15-21H2,(H,28,31)/b10-7+. The van der Waals surface area contributed by atoms with Crippen LogP contribution < -0.4 is 5.32 Å². The molecule has 1 N–H and O–H groups in total. The summed E-state index contributed by atoms with van der Waals surface area (Å²) in [5.41, 5.74) is 2.17. The fourth-order valence-corrected chi connectivity index (χ4v) is 4.05. The lowest BCUT2D eigenvalue weighted by Crippen LogP contribution is -2.51. The molecular weight excluding hydrogens is 398 g/mol. The molecule has 3 aromatic rings. The molecule has 1 aliphatic rings. The van der Waals surface area contributed by atoms with Crippen LogP contribution in [0.25, 0.3) is 16.8 Å². The summed E-state index contributed by atoms with van der Waals surface area (Å²) >= 11 is 0. The Balaban J connectivity index is 1.19. The monoisotopic (exact) mass is 427 g/mol. The van der Waals surface area contributed by atoms with Gasteiger partial charge in [0.2, 0.25) is 11.8 Å². The predicted octanol–water partition coefficient (Wildman–Crippen LogP) is 3.36. The highest BCUT2D eigenvalue weighted by Crippen LogP contribution is 2.18. The molecule has 0 saturated carbocycles. The molecule has 1 saturated heterocycles. The largest absolute Gasteiger partial charge is 0.347 e. The molecule has 0 radical (unpaired) electrons. The van der Waals surface area contributed by atoms with Crippen molar-refractivity contribution in [3.8, 4) is 0 Å². The lowest BCUT2D eigenvalue weighted by atomic mass is 10.0. The molecule has 0 bridgehead atoms. The second-order valence-electron chi connectivity index (χ2n) is 8.09. The van der Waals surface area contributed by atoms with Crippen molar-refractivity contribution < 1.29 is 9.59 Å². The van der Waals surface area contributed by atoms with Gasteiger partial charge in [-0.2, -0.15) is 0 Å². The number of rotatable bonds is 7. The van der Waals surface area contributed by atoms with Gasteiger partial charge in [0.15, 0.2) is 0 Å². The third-order valence-electron chi connectivity index (χ3n) is 5.87. The number of nitrogens with one attached hydrogen (secondary N) is 1. The van der Waals surface area contributed by atoms with Crippen LogP contribution in [0.5, 0.6) is 0 Å². The number of piperazine rings is 1. The van der Waals surface area contributed by atoms with E-state index in [0.29, 0.717) is 13.1 Å². The zero-order chi connectivity index (χ0) is 22.2. The van der Waals surface area contributed by atoms with Crippen LogP contribution >= 0.6 is 0 Å². The first-order valence-corrected chi connectivity index (χ1v) is 11.1. The van der Waals surface area contributed by atoms with Gasteiger partial charge in [0.05, 0.1) is 13.0 Å². The molecule has 0 atom stereocenters. The van der Waals surface area contributed by atoms with E-state index < -0.39 is 0 Å². The van der Waals surface area contributed by atoms with E-state index >= 15 is 0 Å². The first-order chi connectivity index (χ1) is 15.7. The van der Waals surface area contributed by atoms with E-state index in [1.807, 2.05) is 65.6 Å². The first kappa shape index (κ1) is 21.8. The van der Waals surface area contributed by atoms with Gasteiger partial charge in [-0.1, -0.05) is 84.9 Å². The van der Waals surface area contributed by atoms with Gasteiger partial charge in [0.25, 0.3) is 0 Å². The molecule has 5 heteroatoms. The van der Waals surface area contributed by atoms with Crippen molar-refractivity contribution in [3.05, 3.63) is 90.0 Å². The number of carbonyl (C=O) groups excluding carboxylic acids is 2. The van der Waals surface area contributed by atoms with E-state index in [2.05, 4.69) is 34.5 Å². The molecule has 32 heavy (non-hydrogen) atoms. The van der Waals surface area contributed by atoms with Gasteiger partial charge in [-0.3, -0.25) is 14.5 Å². The molecule has 3 aromatic carbocycles. The molecule has 0 spiro atoms. The Morgan fingerprint density at radius 1 is 0.844 bits per heavy atom. The van der Waals surface area contributed by atoms with Gasteiger partial charge in [-0.05, 0) is 21.9 Å². The maximum atomic E-state index is 12.6. The molecule has 164 valence electrons. The maximum Gasteiger partial charge on any atom is 0.242 e. The maximum absolute atomic E-state index is 12.6. The quantitative estimate of drug-likeness (QED) is 0.629. The zero-order valence-electron chi connectivity index (χ0n) is 18.2. The topological polar surface area (TPSA) is 52.7 Å². The Kier molecular flexibility index (Phi) is 7.31. The van der Waals surface area contributed by atoms with E-state index in [4.69, 9.17) is 0 Å². The predicted molar refractivity (Wildman–Crippen MR) is 129 cm³/mol. The van der Waals surface area contributed by atoms with Gasteiger partial charge in [-0.15, -0.1) is 0 Å². The number of hydrogen-bond acceptors (Lipinski definition) is 3. The fraction of sp³-hybridized carbons (Fsp3) is 0.259. The fourth-order valence-electron chi connectivity index (χ4n) is 4.05. The van der Waals surface area contributed by atoms with Crippen molar-refractivity contribution >= 4 is 28.7 Å². The minimum absolute atomic E-state index is 0.0178. The van der Waals surface area contributed by atoms with Crippen molar-refractivity contribution in [1.82, 2.24) is 15.1 Å². The molecule has 0 aliphatic carbocycles. The van der Waals surface area contributed by atoms with Crippen molar-refractivity contribution in [2.24, 2.45) is 0 Å². The summed E-state index contributed by atoms with van der Waals surface area (Å²) < 4.78 is 0. The number of hydrogen-bond donors (Lipinski definition) is 1. The van der Waals surface area contributed by atoms with Crippen LogP contribution in [0.2, 0.25) is 0 Å². The van der Waals surface area contributed by atoms with Crippen LogP contribution in [0.15, 0.2) is 78.9 Å². The second kappa shape index (κ2) is 10.7. The van der Waals surface area contributed by atoms with Crippen molar-refractivity contribution in [3.63, 3.8) is 0 Å². The zero-order valence-corrected chi connectivity index (χ0v) is 18.2. The number of amides is 2. The van der Waals surface area contributed by atoms with Gasteiger partial charge >= 0.3 is 0 Å². The van der Waals surface area contributed by atoms with Crippen LogP contribution in [0, 0.1) is 0 Å².